The molecule has 2 rings (SSSR count). The molecule has 2 aromatic rings. The van der Waals surface area contributed by atoms with E-state index in [9.17, 15) is 4.79 Å². The molecule has 0 spiro atoms. The lowest BCUT2D eigenvalue weighted by atomic mass is 10.1. The van der Waals surface area contributed by atoms with Gasteiger partial charge in [0, 0.05) is 19.8 Å². The third kappa shape index (κ3) is 2.93. The second-order valence-electron chi connectivity index (χ2n) is 4.64. The van der Waals surface area contributed by atoms with E-state index >= 15 is 0 Å². The zero-order valence-electron chi connectivity index (χ0n) is 11.6. The number of rotatable bonds is 5. The third-order valence-corrected chi connectivity index (χ3v) is 2.88. The predicted molar refractivity (Wildman–Crippen MR) is 72.3 cm³/mol. The van der Waals surface area contributed by atoms with Gasteiger partial charge in [-0.1, -0.05) is 12.1 Å². The first-order chi connectivity index (χ1) is 9.49. The largest absolute Gasteiger partial charge is 0.481 e. The molecule has 0 aliphatic rings. The summed E-state index contributed by atoms with van der Waals surface area (Å²) in [5.74, 6) is 0.184. The number of hydrogen-bond donors (Lipinski definition) is 1. The van der Waals surface area contributed by atoms with Crippen LogP contribution < -0.4 is 4.90 Å². The van der Waals surface area contributed by atoms with E-state index in [4.69, 9.17) is 9.63 Å². The lowest BCUT2D eigenvalue weighted by molar-refractivity contribution is -0.140. The summed E-state index contributed by atoms with van der Waals surface area (Å²) < 4.78 is 5.15. The molecule has 0 aromatic carbocycles. The average molecular weight is 276 g/mol. The first-order valence-corrected chi connectivity index (χ1v) is 6.18. The van der Waals surface area contributed by atoms with Crippen molar-refractivity contribution < 1.29 is 14.4 Å². The molecule has 1 unspecified atom stereocenters. The second-order valence-corrected chi connectivity index (χ2v) is 4.64. The van der Waals surface area contributed by atoms with Gasteiger partial charge in [0.15, 0.2) is 5.82 Å². The van der Waals surface area contributed by atoms with E-state index in [0.717, 1.165) is 0 Å². The standard InChI is InChI=1S/C13H16N4O3/c1-8(13(18)19)7-17(3)11-10(5-4-6-14-11)12-15-9(2)16-20-12/h4-6,8H,7H2,1-3H3,(H,18,19). The number of nitrogens with zero attached hydrogens (tertiary/aromatic N) is 4. The van der Waals surface area contributed by atoms with Gasteiger partial charge in [-0.05, 0) is 19.1 Å². The highest BCUT2D eigenvalue weighted by molar-refractivity contribution is 5.72. The fourth-order valence-electron chi connectivity index (χ4n) is 1.85. The van der Waals surface area contributed by atoms with Gasteiger partial charge in [-0.15, -0.1) is 0 Å². The maximum absolute atomic E-state index is 10.9. The van der Waals surface area contributed by atoms with Crippen LogP contribution in [0.3, 0.4) is 0 Å². The Hall–Kier alpha value is -2.44. The first kappa shape index (κ1) is 14.0. The Morgan fingerprint density at radius 3 is 2.90 bits per heavy atom. The maximum Gasteiger partial charge on any atom is 0.308 e. The number of hydrogen-bond acceptors (Lipinski definition) is 6. The summed E-state index contributed by atoms with van der Waals surface area (Å²) in [6.07, 6.45) is 1.64. The topological polar surface area (TPSA) is 92.4 Å². The van der Waals surface area contributed by atoms with Crippen molar-refractivity contribution in [3.8, 4) is 11.5 Å². The summed E-state index contributed by atoms with van der Waals surface area (Å²) >= 11 is 0. The molecule has 20 heavy (non-hydrogen) atoms. The Labute approximate surface area is 116 Å². The number of carboxylic acid groups (broad SMARTS) is 1. The monoisotopic (exact) mass is 276 g/mol. The van der Waals surface area contributed by atoms with Gasteiger partial charge in [0.25, 0.3) is 5.89 Å². The molecule has 2 heterocycles. The molecular weight excluding hydrogens is 260 g/mol. The molecule has 0 amide bonds. The van der Waals surface area contributed by atoms with E-state index in [1.165, 1.54) is 0 Å². The molecule has 0 aliphatic carbocycles. The molecule has 2 aromatic heterocycles. The van der Waals surface area contributed by atoms with Crippen molar-refractivity contribution in [2.45, 2.75) is 13.8 Å². The van der Waals surface area contributed by atoms with Crippen LogP contribution in [0.4, 0.5) is 5.82 Å². The van der Waals surface area contributed by atoms with Crippen LogP contribution in [0.25, 0.3) is 11.5 Å². The summed E-state index contributed by atoms with van der Waals surface area (Å²) in [4.78, 5) is 21.2. The molecule has 1 N–H and O–H groups in total. The first-order valence-electron chi connectivity index (χ1n) is 6.18. The summed E-state index contributed by atoms with van der Waals surface area (Å²) in [5, 5.41) is 12.7. The molecule has 106 valence electrons. The van der Waals surface area contributed by atoms with Crippen LogP contribution >= 0.6 is 0 Å². The quantitative estimate of drug-likeness (QED) is 0.886. The van der Waals surface area contributed by atoms with E-state index in [0.29, 0.717) is 29.6 Å². The summed E-state index contributed by atoms with van der Waals surface area (Å²) in [7, 11) is 1.79. The van der Waals surface area contributed by atoms with Crippen LogP contribution in [0.5, 0.6) is 0 Å². The second kappa shape index (κ2) is 5.68. The van der Waals surface area contributed by atoms with E-state index in [1.807, 2.05) is 6.07 Å². The van der Waals surface area contributed by atoms with E-state index < -0.39 is 11.9 Å². The number of aliphatic carboxylic acids is 1. The van der Waals surface area contributed by atoms with Crippen molar-refractivity contribution in [1.29, 1.82) is 0 Å². The number of carboxylic acids is 1. The van der Waals surface area contributed by atoms with Crippen LogP contribution in [-0.4, -0.2) is 39.8 Å². The normalized spacial score (nSPS) is 12.2. The van der Waals surface area contributed by atoms with Gasteiger partial charge in [-0.2, -0.15) is 4.98 Å². The minimum absolute atomic E-state index is 0.340. The van der Waals surface area contributed by atoms with Gasteiger partial charge in [0.05, 0.1) is 11.5 Å². The van der Waals surface area contributed by atoms with Crippen molar-refractivity contribution in [2.24, 2.45) is 5.92 Å². The molecule has 0 saturated carbocycles. The van der Waals surface area contributed by atoms with Crippen LogP contribution in [0.1, 0.15) is 12.7 Å². The van der Waals surface area contributed by atoms with Crippen LogP contribution in [0, 0.1) is 12.8 Å². The van der Waals surface area contributed by atoms with Gasteiger partial charge in [0.2, 0.25) is 0 Å². The Morgan fingerprint density at radius 2 is 2.30 bits per heavy atom. The number of pyridine rings is 1. The predicted octanol–water partition coefficient (Wildman–Crippen LogP) is 1.60. The smallest absolute Gasteiger partial charge is 0.308 e. The number of carbonyl (C=O) groups is 1. The van der Waals surface area contributed by atoms with E-state index in [1.54, 1.807) is 38.1 Å². The van der Waals surface area contributed by atoms with Gasteiger partial charge < -0.3 is 14.5 Å². The Morgan fingerprint density at radius 1 is 1.55 bits per heavy atom. The van der Waals surface area contributed by atoms with Gasteiger partial charge >= 0.3 is 5.97 Å². The van der Waals surface area contributed by atoms with Crippen molar-refractivity contribution in [2.75, 3.05) is 18.5 Å². The maximum atomic E-state index is 10.9. The summed E-state index contributed by atoms with van der Waals surface area (Å²) in [5.41, 5.74) is 0.688. The highest BCUT2D eigenvalue weighted by Crippen LogP contribution is 2.27. The van der Waals surface area contributed by atoms with E-state index in [2.05, 4.69) is 15.1 Å². The number of aromatic nitrogens is 3. The average Bonchev–Trinajstić information content (AvgIpc) is 2.85. The van der Waals surface area contributed by atoms with Crippen molar-refractivity contribution in [1.82, 2.24) is 15.1 Å². The van der Waals surface area contributed by atoms with Gasteiger partial charge in [-0.3, -0.25) is 4.79 Å². The SMILES string of the molecule is Cc1noc(-c2cccnc2N(C)CC(C)C(=O)O)n1. The third-order valence-electron chi connectivity index (χ3n) is 2.88. The van der Waals surface area contributed by atoms with E-state index in [-0.39, 0.29) is 0 Å². The van der Waals surface area contributed by atoms with Crippen molar-refractivity contribution >= 4 is 11.8 Å². The van der Waals surface area contributed by atoms with Gasteiger partial charge in [0.1, 0.15) is 5.82 Å². The van der Waals surface area contributed by atoms with Crippen molar-refractivity contribution in [3.05, 3.63) is 24.2 Å². The highest BCUT2D eigenvalue weighted by Gasteiger charge is 2.19. The lowest BCUT2D eigenvalue weighted by Gasteiger charge is -2.21. The molecule has 7 heteroatoms. The van der Waals surface area contributed by atoms with Gasteiger partial charge in [-0.25, -0.2) is 4.98 Å². The Balaban J connectivity index is 2.30. The molecule has 1 atom stereocenters. The summed E-state index contributed by atoms with van der Waals surface area (Å²) in [6, 6.07) is 3.59. The molecule has 0 radical (unpaired) electrons. The minimum Gasteiger partial charge on any atom is -0.481 e. The molecule has 7 nitrogen and oxygen atoms in total. The fourth-order valence-corrected chi connectivity index (χ4v) is 1.85. The molecule has 0 aliphatic heterocycles. The zero-order chi connectivity index (χ0) is 14.7. The number of anilines is 1. The van der Waals surface area contributed by atoms with Crippen LogP contribution in [0.15, 0.2) is 22.9 Å². The summed E-state index contributed by atoms with van der Waals surface area (Å²) in [6.45, 7) is 3.73. The zero-order valence-corrected chi connectivity index (χ0v) is 11.6. The Bertz CT molecular complexity index is 611. The van der Waals surface area contributed by atoms with Crippen molar-refractivity contribution in [3.63, 3.8) is 0 Å². The number of aryl methyl sites for hydroxylation is 1. The van der Waals surface area contributed by atoms with Crippen LogP contribution in [0.2, 0.25) is 0 Å². The van der Waals surface area contributed by atoms with Crippen LogP contribution in [-0.2, 0) is 4.79 Å². The minimum atomic E-state index is -0.844. The fraction of sp³-hybridized carbons (Fsp3) is 0.385. The lowest BCUT2D eigenvalue weighted by Crippen LogP contribution is -2.29. The Kier molecular flexibility index (Phi) is 3.97. The molecule has 0 saturated heterocycles. The highest BCUT2D eigenvalue weighted by atomic mass is 16.5. The molecule has 0 bridgehead atoms. The molecule has 0 fully saturated rings. The molecular formula is C13H16N4O3.